The zero-order valence-electron chi connectivity index (χ0n) is 9.66. The molecule has 0 spiro atoms. The lowest BCUT2D eigenvalue weighted by atomic mass is 10.2. The quantitative estimate of drug-likeness (QED) is 0.751. The summed E-state index contributed by atoms with van der Waals surface area (Å²) in [6.45, 7) is 5.26. The number of hydrogen-bond acceptors (Lipinski definition) is 3. The molecule has 1 rings (SSSR count). The van der Waals surface area contributed by atoms with E-state index in [1.165, 1.54) is 0 Å². The van der Waals surface area contributed by atoms with Crippen LogP contribution in [0.1, 0.15) is 12.5 Å². The molecule has 0 heterocycles. The van der Waals surface area contributed by atoms with E-state index in [1.807, 2.05) is 32.0 Å². The highest BCUT2D eigenvalue weighted by Crippen LogP contribution is 2.24. The predicted molar refractivity (Wildman–Crippen MR) is 66.2 cm³/mol. The maximum Gasteiger partial charge on any atom is 0.138 e. The molecule has 0 aliphatic rings. The average Bonchev–Trinajstić information content (AvgIpc) is 2.28. The summed E-state index contributed by atoms with van der Waals surface area (Å²) in [5.41, 5.74) is 1.12. The van der Waals surface area contributed by atoms with E-state index in [0.717, 1.165) is 5.56 Å². The average molecular weight is 244 g/mol. The smallest absolute Gasteiger partial charge is 0.138 e. The van der Waals surface area contributed by atoms with Gasteiger partial charge in [0.2, 0.25) is 0 Å². The number of rotatable bonds is 6. The van der Waals surface area contributed by atoms with Crippen LogP contribution in [0.4, 0.5) is 0 Å². The van der Waals surface area contributed by atoms with Crippen molar-refractivity contribution in [3.8, 4) is 5.75 Å². The van der Waals surface area contributed by atoms with Gasteiger partial charge in [-0.05, 0) is 31.5 Å². The van der Waals surface area contributed by atoms with Crippen LogP contribution in [0.15, 0.2) is 18.2 Å². The van der Waals surface area contributed by atoms with E-state index in [1.54, 1.807) is 0 Å². The minimum atomic E-state index is 0.0941. The molecule has 0 unspecified atom stereocenters. The molecule has 0 saturated heterocycles. The van der Waals surface area contributed by atoms with E-state index in [-0.39, 0.29) is 12.6 Å². The first kappa shape index (κ1) is 13.3. The third-order valence-electron chi connectivity index (χ3n) is 2.21. The Balaban J connectivity index is 2.34. The van der Waals surface area contributed by atoms with Crippen LogP contribution in [0.25, 0.3) is 0 Å². The molecule has 0 aliphatic heterocycles. The van der Waals surface area contributed by atoms with Crippen LogP contribution >= 0.6 is 11.6 Å². The Morgan fingerprint density at radius 2 is 2.25 bits per heavy atom. The van der Waals surface area contributed by atoms with Crippen molar-refractivity contribution in [1.82, 2.24) is 5.32 Å². The molecule has 1 atom stereocenters. The van der Waals surface area contributed by atoms with Gasteiger partial charge in [0.05, 0.1) is 11.6 Å². The van der Waals surface area contributed by atoms with Crippen molar-refractivity contribution in [2.45, 2.75) is 19.9 Å². The lowest BCUT2D eigenvalue weighted by Crippen LogP contribution is -2.32. The molecule has 0 bridgehead atoms. The molecule has 0 aromatic heterocycles. The summed E-state index contributed by atoms with van der Waals surface area (Å²) in [6.07, 6.45) is 0. The fraction of sp³-hybridized carbons (Fsp3) is 0.500. The van der Waals surface area contributed by atoms with Crippen LogP contribution in [-0.2, 0) is 0 Å². The van der Waals surface area contributed by atoms with Gasteiger partial charge in [0.15, 0.2) is 0 Å². The number of aryl methyl sites for hydroxylation is 1. The molecule has 0 radical (unpaired) electrons. The fourth-order valence-corrected chi connectivity index (χ4v) is 1.42. The van der Waals surface area contributed by atoms with Gasteiger partial charge in [-0.1, -0.05) is 17.7 Å². The van der Waals surface area contributed by atoms with E-state index in [2.05, 4.69) is 5.32 Å². The van der Waals surface area contributed by atoms with Crippen molar-refractivity contribution in [2.24, 2.45) is 0 Å². The van der Waals surface area contributed by atoms with E-state index >= 15 is 0 Å². The summed E-state index contributed by atoms with van der Waals surface area (Å²) < 4.78 is 5.54. The normalized spacial score (nSPS) is 12.5. The fourth-order valence-electron chi connectivity index (χ4n) is 1.25. The van der Waals surface area contributed by atoms with Crippen LogP contribution in [-0.4, -0.2) is 30.9 Å². The van der Waals surface area contributed by atoms with E-state index in [9.17, 15) is 0 Å². The number of aliphatic hydroxyl groups excluding tert-OH is 1. The van der Waals surface area contributed by atoms with Crippen LogP contribution in [0.2, 0.25) is 5.02 Å². The summed E-state index contributed by atoms with van der Waals surface area (Å²) in [4.78, 5) is 0. The summed E-state index contributed by atoms with van der Waals surface area (Å²) in [7, 11) is 0. The van der Waals surface area contributed by atoms with Gasteiger partial charge in [-0.25, -0.2) is 0 Å². The highest BCUT2D eigenvalue weighted by molar-refractivity contribution is 6.32. The summed E-state index contributed by atoms with van der Waals surface area (Å²) in [6, 6.07) is 5.78. The minimum Gasteiger partial charge on any atom is -0.491 e. The highest BCUT2D eigenvalue weighted by atomic mass is 35.5. The number of hydrogen-bond donors (Lipinski definition) is 2. The monoisotopic (exact) mass is 243 g/mol. The molecule has 0 fully saturated rings. The lowest BCUT2D eigenvalue weighted by molar-refractivity contribution is 0.239. The lowest BCUT2D eigenvalue weighted by Gasteiger charge is -2.12. The zero-order valence-corrected chi connectivity index (χ0v) is 10.4. The molecular formula is C12H18ClNO2. The van der Waals surface area contributed by atoms with Gasteiger partial charge in [-0.15, -0.1) is 0 Å². The molecule has 0 saturated carbocycles. The third kappa shape index (κ3) is 4.39. The van der Waals surface area contributed by atoms with Crippen molar-refractivity contribution >= 4 is 11.6 Å². The minimum absolute atomic E-state index is 0.0941. The zero-order chi connectivity index (χ0) is 12.0. The SMILES string of the molecule is Cc1ccc(Cl)c(OCCN[C@@H](C)CO)c1. The van der Waals surface area contributed by atoms with Crippen molar-refractivity contribution < 1.29 is 9.84 Å². The van der Waals surface area contributed by atoms with E-state index < -0.39 is 0 Å². The van der Waals surface area contributed by atoms with Crippen LogP contribution in [0.5, 0.6) is 5.75 Å². The first-order chi connectivity index (χ1) is 7.63. The molecule has 0 aliphatic carbocycles. The summed E-state index contributed by atoms with van der Waals surface area (Å²) in [5.74, 6) is 0.708. The number of ether oxygens (including phenoxy) is 1. The van der Waals surface area contributed by atoms with E-state index in [4.69, 9.17) is 21.4 Å². The Labute approximate surface area is 101 Å². The first-order valence-electron chi connectivity index (χ1n) is 5.36. The Morgan fingerprint density at radius 1 is 1.50 bits per heavy atom. The molecule has 1 aromatic carbocycles. The van der Waals surface area contributed by atoms with Crippen molar-refractivity contribution in [1.29, 1.82) is 0 Å². The van der Waals surface area contributed by atoms with Crippen molar-refractivity contribution in [3.63, 3.8) is 0 Å². The molecule has 90 valence electrons. The summed E-state index contributed by atoms with van der Waals surface area (Å²) >= 11 is 5.98. The van der Waals surface area contributed by atoms with Crippen LogP contribution in [0.3, 0.4) is 0 Å². The van der Waals surface area contributed by atoms with Gasteiger partial charge in [-0.3, -0.25) is 0 Å². The standard InChI is InChI=1S/C12H18ClNO2/c1-9-3-4-11(13)12(7-9)16-6-5-14-10(2)8-15/h3-4,7,10,14-15H,5-6,8H2,1-2H3/t10-/m0/s1. The molecule has 2 N–H and O–H groups in total. The molecule has 0 amide bonds. The Morgan fingerprint density at radius 3 is 2.94 bits per heavy atom. The second kappa shape index (κ2) is 6.74. The molecule has 1 aromatic rings. The number of nitrogens with one attached hydrogen (secondary N) is 1. The summed E-state index contributed by atoms with van der Waals surface area (Å²) in [5, 5.41) is 12.6. The number of aliphatic hydroxyl groups is 1. The molecular weight excluding hydrogens is 226 g/mol. The van der Waals surface area contributed by atoms with Crippen LogP contribution < -0.4 is 10.1 Å². The van der Waals surface area contributed by atoms with Gasteiger partial charge >= 0.3 is 0 Å². The second-order valence-electron chi connectivity index (χ2n) is 3.82. The Bertz CT molecular complexity index is 331. The maximum atomic E-state index is 8.81. The molecule has 4 heteroatoms. The Hall–Kier alpha value is -0.770. The maximum absolute atomic E-state index is 8.81. The second-order valence-corrected chi connectivity index (χ2v) is 4.23. The number of halogens is 1. The van der Waals surface area contributed by atoms with Gasteiger partial charge in [0.25, 0.3) is 0 Å². The largest absolute Gasteiger partial charge is 0.491 e. The van der Waals surface area contributed by atoms with Gasteiger partial charge in [-0.2, -0.15) is 0 Å². The number of benzene rings is 1. The van der Waals surface area contributed by atoms with E-state index in [0.29, 0.717) is 23.9 Å². The molecule has 3 nitrogen and oxygen atoms in total. The third-order valence-corrected chi connectivity index (χ3v) is 2.53. The van der Waals surface area contributed by atoms with Crippen LogP contribution in [0, 0.1) is 6.92 Å². The van der Waals surface area contributed by atoms with Crippen molar-refractivity contribution in [3.05, 3.63) is 28.8 Å². The predicted octanol–water partition coefficient (Wildman–Crippen LogP) is 2.00. The molecule has 16 heavy (non-hydrogen) atoms. The highest BCUT2D eigenvalue weighted by Gasteiger charge is 2.02. The topological polar surface area (TPSA) is 41.5 Å². The van der Waals surface area contributed by atoms with Gasteiger partial charge in [0, 0.05) is 12.6 Å². The van der Waals surface area contributed by atoms with Crippen molar-refractivity contribution in [2.75, 3.05) is 19.8 Å². The first-order valence-corrected chi connectivity index (χ1v) is 5.74. The van der Waals surface area contributed by atoms with Gasteiger partial charge in [0.1, 0.15) is 12.4 Å². The Kier molecular flexibility index (Phi) is 5.60. The van der Waals surface area contributed by atoms with Gasteiger partial charge < -0.3 is 15.2 Å².